The van der Waals surface area contributed by atoms with Gasteiger partial charge in [-0.15, -0.1) is 0 Å². The van der Waals surface area contributed by atoms with Crippen molar-refractivity contribution in [3.8, 4) is 5.75 Å². The van der Waals surface area contributed by atoms with Crippen LogP contribution in [-0.2, 0) is 16.1 Å². The van der Waals surface area contributed by atoms with Crippen LogP contribution in [0.4, 0.5) is 13.2 Å². The lowest BCUT2D eigenvalue weighted by Crippen LogP contribution is -2.35. The molecule has 8 heteroatoms. The second-order valence-corrected chi connectivity index (χ2v) is 5.97. The predicted molar refractivity (Wildman–Crippen MR) is 96.1 cm³/mol. The number of nitrogens with one attached hydrogen (secondary N) is 1. The maximum atomic E-state index is 14.1. The van der Waals surface area contributed by atoms with Gasteiger partial charge in [-0.05, 0) is 42.0 Å². The summed E-state index contributed by atoms with van der Waals surface area (Å²) in [5, 5.41) is 1.50. The van der Waals surface area contributed by atoms with Crippen molar-refractivity contribution in [1.82, 2.24) is 10.4 Å². The lowest BCUT2D eigenvalue weighted by Gasteiger charge is -2.29. The zero-order valence-corrected chi connectivity index (χ0v) is 15.1. The van der Waals surface area contributed by atoms with Crippen molar-refractivity contribution in [2.75, 3.05) is 14.2 Å². The molecule has 1 aliphatic rings. The molecule has 0 bridgehead atoms. The molecule has 1 heterocycles. The van der Waals surface area contributed by atoms with Gasteiger partial charge in [0.05, 0.1) is 32.0 Å². The van der Waals surface area contributed by atoms with Crippen molar-refractivity contribution in [2.24, 2.45) is 0 Å². The van der Waals surface area contributed by atoms with E-state index in [9.17, 15) is 18.0 Å². The quantitative estimate of drug-likeness (QED) is 0.792. The van der Waals surface area contributed by atoms with Crippen molar-refractivity contribution in [3.63, 3.8) is 0 Å². The minimum Gasteiger partial charge on any atom is -0.494 e. The van der Waals surface area contributed by atoms with E-state index in [2.05, 4.69) is 5.43 Å². The van der Waals surface area contributed by atoms with Crippen molar-refractivity contribution < 1.29 is 27.4 Å². The largest absolute Gasteiger partial charge is 0.494 e. The Morgan fingerprint density at radius 1 is 1.04 bits per heavy atom. The Morgan fingerprint density at radius 3 is 2.46 bits per heavy atom. The molecule has 0 amide bonds. The van der Waals surface area contributed by atoms with Crippen molar-refractivity contribution >= 4 is 11.7 Å². The number of halogens is 3. The highest BCUT2D eigenvalue weighted by molar-refractivity contribution is 5.94. The first-order valence-corrected chi connectivity index (χ1v) is 8.24. The molecule has 0 aliphatic carbocycles. The molecule has 0 spiro atoms. The highest BCUT2D eigenvalue weighted by Crippen LogP contribution is 2.25. The molecular formula is C20H17F3N2O3. The Bertz CT molecular complexity index is 973. The van der Waals surface area contributed by atoms with Crippen LogP contribution in [0.25, 0.3) is 5.70 Å². The van der Waals surface area contributed by atoms with Gasteiger partial charge in [0.1, 0.15) is 0 Å². The van der Waals surface area contributed by atoms with E-state index in [0.29, 0.717) is 16.8 Å². The van der Waals surface area contributed by atoms with Gasteiger partial charge in [-0.2, -0.15) is 0 Å². The highest BCUT2D eigenvalue weighted by Gasteiger charge is 2.19. The molecule has 2 aromatic rings. The second kappa shape index (κ2) is 8.08. The number of carbonyl (C=O) groups excluding carboxylic acids is 1. The van der Waals surface area contributed by atoms with Crippen LogP contribution < -0.4 is 10.2 Å². The molecule has 0 radical (unpaired) electrons. The minimum absolute atomic E-state index is 0.0857. The van der Waals surface area contributed by atoms with Gasteiger partial charge in [0.2, 0.25) is 0 Å². The Hall–Kier alpha value is -3.42. The number of rotatable bonds is 5. The number of hydrogen-bond donors (Lipinski definition) is 1. The SMILES string of the molecule is COC(=O)C1=CN(Cc2ccc(F)c(F)c2)NC(c2ccc(OC)c(F)c2)=C1. The summed E-state index contributed by atoms with van der Waals surface area (Å²) in [6.07, 6.45) is 2.98. The van der Waals surface area contributed by atoms with Crippen LogP contribution >= 0.6 is 0 Å². The number of benzene rings is 2. The Morgan fingerprint density at radius 2 is 1.82 bits per heavy atom. The van der Waals surface area contributed by atoms with E-state index in [1.54, 1.807) is 6.07 Å². The third kappa shape index (κ3) is 4.11. The van der Waals surface area contributed by atoms with Gasteiger partial charge in [-0.3, -0.25) is 10.4 Å². The first kappa shape index (κ1) is 19.3. The predicted octanol–water partition coefficient (Wildman–Crippen LogP) is 3.53. The van der Waals surface area contributed by atoms with Crippen LogP contribution in [0, 0.1) is 17.5 Å². The molecule has 146 valence electrons. The zero-order chi connectivity index (χ0) is 20.3. The molecule has 28 heavy (non-hydrogen) atoms. The fraction of sp³-hybridized carbons (Fsp3) is 0.150. The number of methoxy groups -OCH3 is 2. The monoisotopic (exact) mass is 390 g/mol. The number of hydrogen-bond acceptors (Lipinski definition) is 5. The Kier molecular flexibility index (Phi) is 5.58. The van der Waals surface area contributed by atoms with Crippen LogP contribution in [0.15, 0.2) is 54.2 Å². The molecular weight excluding hydrogens is 373 g/mol. The van der Waals surface area contributed by atoms with E-state index < -0.39 is 23.4 Å². The van der Waals surface area contributed by atoms with E-state index in [1.807, 2.05) is 0 Å². The number of nitrogens with zero attached hydrogens (tertiary/aromatic N) is 1. The molecule has 0 atom stereocenters. The summed E-state index contributed by atoms with van der Waals surface area (Å²) in [6.45, 7) is 0.119. The van der Waals surface area contributed by atoms with Crippen molar-refractivity contribution in [2.45, 2.75) is 6.54 Å². The van der Waals surface area contributed by atoms with Crippen molar-refractivity contribution in [3.05, 3.63) is 82.8 Å². The molecule has 3 rings (SSSR count). The Balaban J connectivity index is 1.92. The van der Waals surface area contributed by atoms with Gasteiger partial charge in [-0.25, -0.2) is 18.0 Å². The van der Waals surface area contributed by atoms with Crippen molar-refractivity contribution in [1.29, 1.82) is 0 Å². The van der Waals surface area contributed by atoms with E-state index in [-0.39, 0.29) is 17.9 Å². The van der Waals surface area contributed by atoms with Crippen LogP contribution in [0.1, 0.15) is 11.1 Å². The normalized spacial score (nSPS) is 13.4. The molecule has 0 saturated heterocycles. The van der Waals surface area contributed by atoms with Gasteiger partial charge in [0.25, 0.3) is 0 Å². The fourth-order valence-corrected chi connectivity index (χ4v) is 2.71. The minimum atomic E-state index is -0.973. The van der Waals surface area contributed by atoms with Crippen LogP contribution in [0.2, 0.25) is 0 Å². The van der Waals surface area contributed by atoms with Crippen LogP contribution in [0.3, 0.4) is 0 Å². The molecule has 0 aromatic heterocycles. The lowest BCUT2D eigenvalue weighted by atomic mass is 10.1. The fourth-order valence-electron chi connectivity index (χ4n) is 2.71. The van der Waals surface area contributed by atoms with Gasteiger partial charge in [0, 0.05) is 11.8 Å². The number of ether oxygens (including phenoxy) is 2. The third-order valence-electron chi connectivity index (χ3n) is 4.08. The molecule has 1 N–H and O–H groups in total. The summed E-state index contributed by atoms with van der Waals surface area (Å²) in [7, 11) is 2.60. The van der Waals surface area contributed by atoms with Crippen LogP contribution in [-0.4, -0.2) is 25.2 Å². The topological polar surface area (TPSA) is 50.8 Å². The van der Waals surface area contributed by atoms with E-state index in [4.69, 9.17) is 9.47 Å². The highest BCUT2D eigenvalue weighted by atomic mass is 19.2. The maximum Gasteiger partial charge on any atom is 0.339 e. The average molecular weight is 390 g/mol. The van der Waals surface area contributed by atoms with E-state index in [0.717, 1.165) is 12.1 Å². The molecule has 5 nitrogen and oxygen atoms in total. The second-order valence-electron chi connectivity index (χ2n) is 5.97. The zero-order valence-electron chi connectivity index (χ0n) is 15.1. The smallest absolute Gasteiger partial charge is 0.339 e. The van der Waals surface area contributed by atoms with Gasteiger partial charge < -0.3 is 9.47 Å². The molecule has 2 aromatic carbocycles. The van der Waals surface area contributed by atoms with Gasteiger partial charge in [0.15, 0.2) is 23.2 Å². The standard InChI is InChI=1S/C20H17F3N2O3/c1-27-19-6-4-13(8-17(19)23)18-9-14(20(26)28-2)11-25(24-18)10-12-3-5-15(21)16(22)7-12/h3-9,11,24H,10H2,1-2H3. The summed E-state index contributed by atoms with van der Waals surface area (Å²) in [5.41, 5.74) is 4.57. The number of esters is 1. The van der Waals surface area contributed by atoms with E-state index >= 15 is 0 Å². The number of hydrazine groups is 1. The summed E-state index contributed by atoms with van der Waals surface area (Å²) in [5.74, 6) is -3.00. The first-order valence-electron chi connectivity index (χ1n) is 8.24. The Labute approximate surface area is 159 Å². The summed E-state index contributed by atoms with van der Waals surface area (Å²) < 4.78 is 50.4. The first-order chi connectivity index (χ1) is 13.4. The molecule has 0 fully saturated rings. The van der Waals surface area contributed by atoms with Gasteiger partial charge >= 0.3 is 5.97 Å². The summed E-state index contributed by atoms with van der Waals surface area (Å²) in [6, 6.07) is 7.85. The van der Waals surface area contributed by atoms with E-state index in [1.165, 1.54) is 49.7 Å². The third-order valence-corrected chi connectivity index (χ3v) is 4.08. The number of carbonyl (C=O) groups is 1. The maximum absolute atomic E-state index is 14.1. The molecule has 1 aliphatic heterocycles. The summed E-state index contributed by atoms with van der Waals surface area (Å²) >= 11 is 0. The molecule has 0 saturated carbocycles. The average Bonchev–Trinajstić information content (AvgIpc) is 2.69. The van der Waals surface area contributed by atoms with Gasteiger partial charge in [-0.1, -0.05) is 6.07 Å². The summed E-state index contributed by atoms with van der Waals surface area (Å²) in [4.78, 5) is 12.0. The lowest BCUT2D eigenvalue weighted by molar-refractivity contribution is -0.135. The molecule has 0 unspecified atom stereocenters. The van der Waals surface area contributed by atoms with Crippen LogP contribution in [0.5, 0.6) is 5.75 Å².